The number of pyridine rings is 1. The molecule has 100 valence electrons. The highest BCUT2D eigenvalue weighted by molar-refractivity contribution is 6.32. The summed E-state index contributed by atoms with van der Waals surface area (Å²) in [7, 11) is 1.92. The van der Waals surface area contributed by atoms with Gasteiger partial charge in [-0.3, -0.25) is 4.98 Å². The molecule has 3 nitrogen and oxygen atoms in total. The highest BCUT2D eigenvalue weighted by Gasteiger charge is 2.07. The molecule has 0 bridgehead atoms. The molecule has 4 heteroatoms. The highest BCUT2D eigenvalue weighted by Crippen LogP contribution is 2.28. The molecule has 0 saturated carbocycles. The lowest BCUT2D eigenvalue weighted by Gasteiger charge is -2.13. The van der Waals surface area contributed by atoms with E-state index in [4.69, 9.17) is 16.3 Å². The lowest BCUT2D eigenvalue weighted by atomic mass is 10.1. The van der Waals surface area contributed by atoms with Gasteiger partial charge in [-0.05, 0) is 49.4 Å². The lowest BCUT2D eigenvalue weighted by Crippen LogP contribution is -2.12. The van der Waals surface area contributed by atoms with E-state index in [0.717, 1.165) is 11.1 Å². The zero-order chi connectivity index (χ0) is 13.7. The van der Waals surface area contributed by atoms with Crippen molar-refractivity contribution in [3.05, 3.63) is 58.9 Å². The molecule has 1 N–H and O–H groups in total. The van der Waals surface area contributed by atoms with Gasteiger partial charge in [0.2, 0.25) is 0 Å². The van der Waals surface area contributed by atoms with Crippen molar-refractivity contribution in [1.29, 1.82) is 0 Å². The van der Waals surface area contributed by atoms with E-state index >= 15 is 0 Å². The molecule has 1 heterocycles. The van der Waals surface area contributed by atoms with E-state index in [1.807, 2.05) is 37.4 Å². The van der Waals surface area contributed by atoms with E-state index in [2.05, 4.69) is 17.2 Å². The Kier molecular flexibility index (Phi) is 4.77. The second kappa shape index (κ2) is 6.55. The monoisotopic (exact) mass is 276 g/mol. The quantitative estimate of drug-likeness (QED) is 0.906. The first-order valence-electron chi connectivity index (χ1n) is 6.19. The fourth-order valence-electron chi connectivity index (χ4n) is 1.71. The van der Waals surface area contributed by atoms with Crippen LogP contribution in [0.3, 0.4) is 0 Å². The van der Waals surface area contributed by atoms with Crippen molar-refractivity contribution in [2.45, 2.75) is 19.6 Å². The Hall–Kier alpha value is -1.58. The number of hydrogen-bond acceptors (Lipinski definition) is 3. The maximum Gasteiger partial charge on any atom is 0.138 e. The van der Waals surface area contributed by atoms with Crippen LogP contribution in [0.15, 0.2) is 42.7 Å². The van der Waals surface area contributed by atoms with Crippen molar-refractivity contribution in [3.63, 3.8) is 0 Å². The van der Waals surface area contributed by atoms with Crippen LogP contribution in [0.2, 0.25) is 5.02 Å². The van der Waals surface area contributed by atoms with E-state index < -0.39 is 0 Å². The maximum absolute atomic E-state index is 6.23. The van der Waals surface area contributed by atoms with Crippen molar-refractivity contribution >= 4 is 11.6 Å². The average molecular weight is 277 g/mol. The van der Waals surface area contributed by atoms with Crippen LogP contribution in [0.5, 0.6) is 5.75 Å². The molecular weight excluding hydrogens is 260 g/mol. The first-order valence-corrected chi connectivity index (χ1v) is 6.57. The predicted octanol–water partition coefficient (Wildman–Crippen LogP) is 3.59. The molecule has 0 aliphatic carbocycles. The number of nitrogens with zero attached hydrogens (tertiary/aromatic N) is 1. The number of nitrogens with one attached hydrogen (secondary N) is 1. The Morgan fingerprint density at radius 1 is 1.26 bits per heavy atom. The summed E-state index contributed by atoms with van der Waals surface area (Å²) >= 11 is 6.23. The normalized spacial score (nSPS) is 12.2. The summed E-state index contributed by atoms with van der Waals surface area (Å²) in [6.07, 6.45) is 3.50. The van der Waals surface area contributed by atoms with Crippen LogP contribution in [-0.4, -0.2) is 12.0 Å². The number of ether oxygens (including phenoxy) is 1. The molecule has 0 amide bonds. The molecule has 19 heavy (non-hydrogen) atoms. The molecule has 0 saturated heterocycles. The number of halogens is 1. The van der Waals surface area contributed by atoms with Gasteiger partial charge in [-0.1, -0.05) is 17.7 Å². The van der Waals surface area contributed by atoms with E-state index in [1.54, 1.807) is 12.4 Å². The largest absolute Gasteiger partial charge is 0.487 e. The molecule has 1 atom stereocenters. The molecule has 2 aromatic rings. The first-order chi connectivity index (χ1) is 9.20. The summed E-state index contributed by atoms with van der Waals surface area (Å²) in [5.74, 6) is 0.700. The minimum atomic E-state index is 0.270. The van der Waals surface area contributed by atoms with Gasteiger partial charge in [-0.15, -0.1) is 0 Å². The van der Waals surface area contributed by atoms with Crippen LogP contribution >= 0.6 is 11.6 Å². The van der Waals surface area contributed by atoms with Crippen molar-refractivity contribution in [2.24, 2.45) is 0 Å². The molecule has 0 aliphatic rings. The van der Waals surface area contributed by atoms with Crippen LogP contribution in [0, 0.1) is 0 Å². The van der Waals surface area contributed by atoms with Crippen LogP contribution < -0.4 is 10.1 Å². The molecule has 1 aromatic carbocycles. The van der Waals surface area contributed by atoms with Crippen LogP contribution in [0.1, 0.15) is 24.1 Å². The fourth-order valence-corrected chi connectivity index (χ4v) is 1.95. The van der Waals surface area contributed by atoms with E-state index in [-0.39, 0.29) is 6.04 Å². The van der Waals surface area contributed by atoms with Gasteiger partial charge >= 0.3 is 0 Å². The van der Waals surface area contributed by atoms with E-state index in [0.29, 0.717) is 17.4 Å². The van der Waals surface area contributed by atoms with Crippen molar-refractivity contribution in [2.75, 3.05) is 7.05 Å². The van der Waals surface area contributed by atoms with Crippen molar-refractivity contribution < 1.29 is 4.74 Å². The summed E-state index contributed by atoms with van der Waals surface area (Å²) < 4.78 is 5.71. The third-order valence-corrected chi connectivity index (χ3v) is 3.33. The van der Waals surface area contributed by atoms with E-state index in [9.17, 15) is 0 Å². The molecule has 1 unspecified atom stereocenters. The Morgan fingerprint density at radius 2 is 2.00 bits per heavy atom. The van der Waals surface area contributed by atoms with Crippen LogP contribution in [0.4, 0.5) is 0 Å². The summed E-state index contributed by atoms with van der Waals surface area (Å²) in [4.78, 5) is 3.97. The van der Waals surface area contributed by atoms with Gasteiger partial charge in [-0.25, -0.2) is 0 Å². The van der Waals surface area contributed by atoms with Gasteiger partial charge in [0.1, 0.15) is 12.4 Å². The first kappa shape index (κ1) is 13.8. The molecule has 0 radical (unpaired) electrons. The SMILES string of the molecule is CNC(C)c1ccc(OCc2ccncc2)c(Cl)c1. The fraction of sp³-hybridized carbons (Fsp3) is 0.267. The summed E-state index contributed by atoms with van der Waals surface area (Å²) in [5.41, 5.74) is 2.21. The third kappa shape index (κ3) is 3.69. The maximum atomic E-state index is 6.23. The van der Waals surface area contributed by atoms with Crippen LogP contribution in [-0.2, 0) is 6.61 Å². The van der Waals surface area contributed by atoms with E-state index in [1.165, 1.54) is 0 Å². The topological polar surface area (TPSA) is 34.1 Å². The van der Waals surface area contributed by atoms with Crippen LogP contribution in [0.25, 0.3) is 0 Å². The number of rotatable bonds is 5. The van der Waals surface area contributed by atoms with Gasteiger partial charge in [0.25, 0.3) is 0 Å². The minimum Gasteiger partial charge on any atom is -0.487 e. The van der Waals surface area contributed by atoms with Gasteiger partial charge < -0.3 is 10.1 Å². The average Bonchev–Trinajstić information content (AvgIpc) is 2.46. The molecule has 2 rings (SSSR count). The molecule has 0 aliphatic heterocycles. The molecule has 0 spiro atoms. The third-order valence-electron chi connectivity index (χ3n) is 3.03. The van der Waals surface area contributed by atoms with Gasteiger partial charge in [0, 0.05) is 18.4 Å². The Labute approximate surface area is 118 Å². The zero-order valence-corrected chi connectivity index (χ0v) is 11.8. The number of aromatic nitrogens is 1. The van der Waals surface area contributed by atoms with Gasteiger partial charge in [0.15, 0.2) is 0 Å². The molecule has 1 aromatic heterocycles. The summed E-state index contributed by atoms with van der Waals surface area (Å²) in [5, 5.41) is 3.81. The second-order valence-corrected chi connectivity index (χ2v) is 4.75. The minimum absolute atomic E-state index is 0.270. The summed E-state index contributed by atoms with van der Waals surface area (Å²) in [6.45, 7) is 2.58. The predicted molar refractivity (Wildman–Crippen MR) is 77.5 cm³/mol. The number of hydrogen-bond donors (Lipinski definition) is 1. The molecule has 0 fully saturated rings. The van der Waals surface area contributed by atoms with Crippen molar-refractivity contribution in [3.8, 4) is 5.75 Å². The van der Waals surface area contributed by atoms with Crippen molar-refractivity contribution in [1.82, 2.24) is 10.3 Å². The smallest absolute Gasteiger partial charge is 0.138 e. The Morgan fingerprint density at radius 3 is 2.63 bits per heavy atom. The second-order valence-electron chi connectivity index (χ2n) is 4.34. The van der Waals surface area contributed by atoms with Gasteiger partial charge in [-0.2, -0.15) is 0 Å². The highest BCUT2D eigenvalue weighted by atomic mass is 35.5. The standard InChI is InChI=1S/C15H17ClN2O/c1-11(17-2)13-3-4-15(14(16)9-13)19-10-12-5-7-18-8-6-12/h3-9,11,17H,10H2,1-2H3. The Bertz CT molecular complexity index is 531. The lowest BCUT2D eigenvalue weighted by molar-refractivity contribution is 0.306. The molecular formula is C15H17ClN2O. The Balaban J connectivity index is 2.05. The number of benzene rings is 1. The zero-order valence-electron chi connectivity index (χ0n) is 11.1. The summed E-state index contributed by atoms with van der Waals surface area (Å²) in [6, 6.07) is 9.98. The van der Waals surface area contributed by atoms with Gasteiger partial charge in [0.05, 0.1) is 5.02 Å².